The molecule has 164 valence electrons. The highest BCUT2D eigenvalue weighted by Crippen LogP contribution is 2.37. The van der Waals surface area contributed by atoms with Gasteiger partial charge in [0.1, 0.15) is 23.8 Å². The third-order valence-corrected chi connectivity index (χ3v) is 5.82. The fourth-order valence-electron chi connectivity index (χ4n) is 3.30. The van der Waals surface area contributed by atoms with Crippen LogP contribution >= 0.6 is 11.8 Å². The second-order valence-corrected chi connectivity index (χ2v) is 8.28. The molecule has 0 bridgehead atoms. The molecule has 3 aromatic rings. The highest BCUT2D eigenvalue weighted by Gasteiger charge is 2.35. The van der Waals surface area contributed by atoms with E-state index in [4.69, 9.17) is 10.5 Å². The molecule has 1 amide bonds. The maximum atomic E-state index is 14.4. The van der Waals surface area contributed by atoms with E-state index >= 15 is 0 Å². The van der Waals surface area contributed by atoms with Gasteiger partial charge < -0.3 is 15.8 Å². The molecule has 9 heteroatoms. The Kier molecular flexibility index (Phi) is 6.36. The lowest BCUT2D eigenvalue weighted by Crippen LogP contribution is -2.34. The molecule has 2 heterocycles. The first-order valence-electron chi connectivity index (χ1n) is 9.83. The van der Waals surface area contributed by atoms with E-state index in [0.29, 0.717) is 29.4 Å². The van der Waals surface area contributed by atoms with Crippen LogP contribution in [0, 0.1) is 5.82 Å². The number of pyridine rings is 1. The topological polar surface area (TPSA) is 89.6 Å². The number of hydrogen-bond donors (Lipinski definition) is 2. The Morgan fingerprint density at radius 1 is 1.19 bits per heavy atom. The molecule has 0 aliphatic carbocycles. The average molecular weight is 455 g/mol. The number of carbonyl (C=O) groups is 1. The Labute approximate surface area is 187 Å². The maximum Gasteiger partial charge on any atom is 0.257 e. The van der Waals surface area contributed by atoms with Crippen molar-refractivity contribution in [3.05, 3.63) is 83.8 Å². The number of nitrogens with one attached hydrogen (secondary N) is 1. The van der Waals surface area contributed by atoms with Crippen LogP contribution in [0.5, 0.6) is 11.6 Å². The minimum absolute atomic E-state index is 0.0723. The van der Waals surface area contributed by atoms with Crippen LogP contribution in [0.25, 0.3) is 0 Å². The highest BCUT2D eigenvalue weighted by atomic mass is 32.2. The van der Waals surface area contributed by atoms with Crippen molar-refractivity contribution < 1.29 is 18.3 Å². The predicted octanol–water partition coefficient (Wildman–Crippen LogP) is 4.88. The number of anilines is 1. The number of para-hydroxylation sites is 1. The summed E-state index contributed by atoms with van der Waals surface area (Å²) in [5.41, 5.74) is 5.21. The van der Waals surface area contributed by atoms with Gasteiger partial charge in [-0.05, 0) is 42.3 Å². The van der Waals surface area contributed by atoms with Crippen molar-refractivity contribution in [1.82, 2.24) is 4.98 Å². The van der Waals surface area contributed by atoms with Crippen LogP contribution in [0.15, 0.2) is 71.9 Å². The van der Waals surface area contributed by atoms with Crippen LogP contribution in [0.2, 0.25) is 0 Å². The lowest BCUT2D eigenvalue weighted by molar-refractivity contribution is 0.102. The van der Waals surface area contributed by atoms with E-state index in [0.717, 1.165) is 0 Å². The number of nitrogens with zero attached hydrogens (tertiary/aromatic N) is 2. The zero-order valence-electron chi connectivity index (χ0n) is 16.9. The normalized spacial score (nSPS) is 18.0. The second kappa shape index (κ2) is 9.35. The maximum absolute atomic E-state index is 14.4. The quantitative estimate of drug-likeness (QED) is 0.554. The summed E-state index contributed by atoms with van der Waals surface area (Å²) in [6.45, 7) is -0.778. The van der Waals surface area contributed by atoms with Gasteiger partial charge in [-0.15, -0.1) is 0 Å². The molecule has 1 aliphatic rings. The Morgan fingerprint density at radius 3 is 2.69 bits per heavy atom. The summed E-state index contributed by atoms with van der Waals surface area (Å²) in [6.07, 6.45) is 1.75. The van der Waals surface area contributed by atoms with Gasteiger partial charge in [-0.1, -0.05) is 36.0 Å². The molecule has 32 heavy (non-hydrogen) atoms. The number of rotatable bonds is 6. The van der Waals surface area contributed by atoms with Gasteiger partial charge in [-0.2, -0.15) is 0 Å². The van der Waals surface area contributed by atoms with Gasteiger partial charge in [-0.25, -0.2) is 18.8 Å². The molecule has 6 nitrogen and oxygen atoms in total. The lowest BCUT2D eigenvalue weighted by Gasteiger charge is -2.31. The van der Waals surface area contributed by atoms with Crippen molar-refractivity contribution in [2.45, 2.75) is 12.0 Å². The van der Waals surface area contributed by atoms with E-state index in [1.807, 2.05) is 18.2 Å². The zero-order chi connectivity index (χ0) is 22.6. The van der Waals surface area contributed by atoms with E-state index in [9.17, 15) is 13.6 Å². The number of benzene rings is 2. The van der Waals surface area contributed by atoms with Crippen LogP contribution in [-0.2, 0) is 5.54 Å². The zero-order valence-corrected chi connectivity index (χ0v) is 17.7. The van der Waals surface area contributed by atoms with Crippen molar-refractivity contribution in [1.29, 1.82) is 0 Å². The number of ether oxygens (including phenoxy) is 1. The first-order valence-corrected chi connectivity index (χ1v) is 10.8. The molecule has 0 saturated carbocycles. The first-order chi connectivity index (χ1) is 15.5. The van der Waals surface area contributed by atoms with Crippen LogP contribution in [0.4, 0.5) is 14.5 Å². The minimum Gasteiger partial charge on any atom is -0.439 e. The monoisotopic (exact) mass is 454 g/mol. The summed E-state index contributed by atoms with van der Waals surface area (Å²) in [6, 6.07) is 16.2. The van der Waals surface area contributed by atoms with Gasteiger partial charge in [-0.3, -0.25) is 4.79 Å². The number of amides is 1. The first kappa shape index (κ1) is 21.8. The summed E-state index contributed by atoms with van der Waals surface area (Å²) in [7, 11) is 0. The van der Waals surface area contributed by atoms with E-state index in [1.54, 1.807) is 18.2 Å². The second-order valence-electron chi connectivity index (χ2n) is 7.16. The predicted molar refractivity (Wildman–Crippen MR) is 121 cm³/mol. The summed E-state index contributed by atoms with van der Waals surface area (Å²) in [5, 5.41) is 2.81. The van der Waals surface area contributed by atoms with Crippen LogP contribution in [0.1, 0.15) is 22.3 Å². The molecule has 1 atom stereocenters. The standard InChI is InChI=1S/C23H20F2N4O2S/c24-14-23(10-11-32-22(26)29-23)16-7-8-18(25)19(12-16)28-21(30)15-6-9-20(27-13-15)31-17-4-2-1-3-5-17/h1-9,12-13H,10-11,14H2,(H2,26,29)(H,28,30). The van der Waals surface area contributed by atoms with E-state index < -0.39 is 23.9 Å². The number of carbonyl (C=O) groups excluding carboxylic acids is 1. The van der Waals surface area contributed by atoms with Gasteiger partial charge in [0.2, 0.25) is 5.88 Å². The summed E-state index contributed by atoms with van der Waals surface area (Å²) < 4.78 is 34.0. The fourth-order valence-corrected chi connectivity index (χ4v) is 4.18. The highest BCUT2D eigenvalue weighted by molar-refractivity contribution is 8.13. The van der Waals surface area contributed by atoms with Crippen molar-refractivity contribution in [3.8, 4) is 11.6 Å². The van der Waals surface area contributed by atoms with E-state index in [-0.39, 0.29) is 16.4 Å². The number of amidine groups is 1. The molecule has 0 radical (unpaired) electrons. The van der Waals surface area contributed by atoms with Crippen molar-refractivity contribution in [3.63, 3.8) is 0 Å². The van der Waals surface area contributed by atoms with Gasteiger partial charge >= 0.3 is 0 Å². The van der Waals surface area contributed by atoms with Crippen LogP contribution < -0.4 is 15.8 Å². The molecule has 1 aliphatic heterocycles. The van der Waals surface area contributed by atoms with Crippen LogP contribution in [0.3, 0.4) is 0 Å². The molecule has 2 aromatic carbocycles. The van der Waals surface area contributed by atoms with Gasteiger partial charge in [0.15, 0.2) is 5.17 Å². The Morgan fingerprint density at radius 2 is 2.00 bits per heavy atom. The summed E-state index contributed by atoms with van der Waals surface area (Å²) in [4.78, 5) is 21.0. The molecule has 3 N–H and O–H groups in total. The number of nitrogens with two attached hydrogens (primary N) is 1. The van der Waals surface area contributed by atoms with E-state index in [2.05, 4.69) is 15.3 Å². The lowest BCUT2D eigenvalue weighted by atomic mass is 9.88. The van der Waals surface area contributed by atoms with Gasteiger partial charge in [0, 0.05) is 18.0 Å². The molecule has 0 fully saturated rings. The number of alkyl halides is 1. The Balaban J connectivity index is 1.52. The fraction of sp³-hybridized carbons (Fsp3) is 0.174. The summed E-state index contributed by atoms with van der Waals surface area (Å²) >= 11 is 1.35. The summed E-state index contributed by atoms with van der Waals surface area (Å²) in [5.74, 6) is 0.326. The van der Waals surface area contributed by atoms with Crippen molar-refractivity contribution in [2.24, 2.45) is 10.7 Å². The molecule has 1 unspecified atom stereocenters. The number of thioether (sulfide) groups is 1. The van der Waals surface area contributed by atoms with Crippen molar-refractivity contribution in [2.75, 3.05) is 17.7 Å². The minimum atomic E-state index is -1.18. The molecule has 0 spiro atoms. The average Bonchev–Trinajstić information content (AvgIpc) is 2.81. The van der Waals surface area contributed by atoms with Gasteiger partial charge in [0.05, 0.1) is 11.3 Å². The Bertz CT molecular complexity index is 1140. The number of hydrogen-bond acceptors (Lipinski definition) is 6. The SMILES string of the molecule is NC1=NC(CF)(c2ccc(F)c(NC(=O)c3ccc(Oc4ccccc4)nc3)c2)CCS1. The number of aliphatic imine (C=N–C) groups is 1. The Hall–Kier alpha value is -3.46. The molecular formula is C23H20F2N4O2S. The molecule has 0 saturated heterocycles. The largest absolute Gasteiger partial charge is 0.439 e. The van der Waals surface area contributed by atoms with E-state index in [1.165, 1.54) is 42.2 Å². The third-order valence-electron chi connectivity index (χ3n) is 5.03. The molecule has 1 aromatic heterocycles. The van der Waals surface area contributed by atoms with Crippen LogP contribution in [-0.4, -0.2) is 28.5 Å². The molecule has 4 rings (SSSR count). The molecular weight excluding hydrogens is 434 g/mol. The number of halogens is 2. The number of aromatic nitrogens is 1. The third kappa shape index (κ3) is 4.72. The van der Waals surface area contributed by atoms with Crippen molar-refractivity contribution >= 4 is 28.5 Å². The van der Waals surface area contributed by atoms with Gasteiger partial charge in [0.25, 0.3) is 5.91 Å². The smallest absolute Gasteiger partial charge is 0.257 e.